The summed E-state index contributed by atoms with van der Waals surface area (Å²) in [4.78, 5) is 9.52. The van der Waals surface area contributed by atoms with Gasteiger partial charge >= 0.3 is 0 Å². The van der Waals surface area contributed by atoms with Gasteiger partial charge in [-0.2, -0.15) is 4.39 Å². The van der Waals surface area contributed by atoms with Gasteiger partial charge in [0.25, 0.3) is 5.95 Å². The van der Waals surface area contributed by atoms with Crippen molar-refractivity contribution in [2.75, 3.05) is 18.1 Å². The molecular weight excluding hydrogens is 197 g/mol. The molecule has 0 N–H and O–H groups in total. The quantitative estimate of drug-likeness (QED) is 0.700. The van der Waals surface area contributed by atoms with Crippen molar-refractivity contribution in [3.05, 3.63) is 18.3 Å². The van der Waals surface area contributed by atoms with E-state index < -0.39 is 5.95 Å². The zero-order chi connectivity index (χ0) is 10.8. The van der Waals surface area contributed by atoms with Crippen molar-refractivity contribution in [2.24, 2.45) is 0 Å². The van der Waals surface area contributed by atoms with Crippen LogP contribution in [0, 0.1) is 5.95 Å². The molecule has 1 aliphatic rings. The van der Waals surface area contributed by atoms with Gasteiger partial charge in [-0.15, -0.1) is 0 Å². The molecule has 1 saturated heterocycles. The first-order chi connectivity index (χ1) is 7.20. The van der Waals surface area contributed by atoms with Crippen molar-refractivity contribution in [2.45, 2.75) is 26.0 Å². The Kier molecular flexibility index (Phi) is 2.81. The van der Waals surface area contributed by atoms with Gasteiger partial charge < -0.3 is 9.64 Å². The summed E-state index contributed by atoms with van der Waals surface area (Å²) in [7, 11) is 0. The minimum Gasteiger partial charge on any atom is -0.375 e. The second-order valence-electron chi connectivity index (χ2n) is 3.68. The van der Waals surface area contributed by atoms with Crippen LogP contribution in [-0.4, -0.2) is 35.3 Å². The molecule has 4 nitrogen and oxygen atoms in total. The van der Waals surface area contributed by atoms with Crippen molar-refractivity contribution in [3.63, 3.8) is 0 Å². The van der Waals surface area contributed by atoms with Gasteiger partial charge in [0, 0.05) is 18.9 Å². The average Bonchev–Trinajstić information content (AvgIpc) is 2.23. The van der Waals surface area contributed by atoms with Gasteiger partial charge in [-0.3, -0.25) is 0 Å². The van der Waals surface area contributed by atoms with Gasteiger partial charge in [-0.1, -0.05) is 0 Å². The van der Waals surface area contributed by atoms with E-state index in [1.54, 1.807) is 0 Å². The summed E-state index contributed by atoms with van der Waals surface area (Å²) >= 11 is 0. The number of morpholine rings is 1. The van der Waals surface area contributed by atoms with Crippen molar-refractivity contribution in [3.8, 4) is 0 Å². The normalized spacial score (nSPS) is 26.7. The van der Waals surface area contributed by atoms with E-state index in [9.17, 15) is 4.39 Å². The maximum Gasteiger partial charge on any atom is 0.255 e. The summed E-state index contributed by atoms with van der Waals surface area (Å²) in [5.41, 5.74) is 0. The van der Waals surface area contributed by atoms with Gasteiger partial charge in [0.15, 0.2) is 5.82 Å². The third-order valence-electron chi connectivity index (χ3n) is 2.79. The van der Waals surface area contributed by atoms with E-state index in [0.717, 1.165) is 0 Å². The summed E-state index contributed by atoms with van der Waals surface area (Å²) < 4.78 is 18.9. The Labute approximate surface area is 88.1 Å². The molecule has 1 fully saturated rings. The summed E-state index contributed by atoms with van der Waals surface area (Å²) in [6, 6.07) is 0.116. The summed E-state index contributed by atoms with van der Waals surface area (Å²) in [6.07, 6.45) is 2.94. The Balaban J connectivity index is 2.26. The molecule has 0 bridgehead atoms. The standard InChI is InChI=1S/C10H14FN3O/c1-7-8(2)15-6-5-14(7)10-9(11)12-3-4-13-10/h3-4,7-8H,5-6H2,1-2H3. The highest BCUT2D eigenvalue weighted by Gasteiger charge is 2.28. The molecule has 0 saturated carbocycles. The molecule has 2 heterocycles. The van der Waals surface area contributed by atoms with E-state index in [4.69, 9.17) is 4.74 Å². The number of aromatic nitrogens is 2. The Hall–Kier alpha value is -1.23. The zero-order valence-electron chi connectivity index (χ0n) is 8.85. The van der Waals surface area contributed by atoms with Crippen molar-refractivity contribution in [1.82, 2.24) is 9.97 Å². The number of rotatable bonds is 1. The highest BCUT2D eigenvalue weighted by Crippen LogP contribution is 2.21. The minimum atomic E-state index is -0.515. The van der Waals surface area contributed by atoms with E-state index in [1.807, 2.05) is 18.7 Å². The Morgan fingerprint density at radius 2 is 2.13 bits per heavy atom. The van der Waals surface area contributed by atoms with Gasteiger partial charge in [0.1, 0.15) is 0 Å². The molecule has 1 aromatic heterocycles. The van der Waals surface area contributed by atoms with E-state index in [2.05, 4.69) is 9.97 Å². The fourth-order valence-corrected chi connectivity index (χ4v) is 1.74. The Morgan fingerprint density at radius 1 is 1.40 bits per heavy atom. The first-order valence-electron chi connectivity index (χ1n) is 5.05. The average molecular weight is 211 g/mol. The third-order valence-corrected chi connectivity index (χ3v) is 2.79. The molecule has 1 aliphatic heterocycles. The maximum absolute atomic E-state index is 13.4. The summed E-state index contributed by atoms with van der Waals surface area (Å²) in [5.74, 6) is -0.196. The van der Waals surface area contributed by atoms with Crippen molar-refractivity contribution < 1.29 is 9.13 Å². The largest absolute Gasteiger partial charge is 0.375 e. The predicted molar refractivity (Wildman–Crippen MR) is 54.2 cm³/mol. The van der Waals surface area contributed by atoms with Crippen LogP contribution in [0.1, 0.15) is 13.8 Å². The minimum absolute atomic E-state index is 0.0835. The molecule has 0 spiro atoms. The number of hydrogen-bond donors (Lipinski definition) is 0. The Bertz CT molecular complexity index is 347. The van der Waals surface area contributed by atoms with Crippen LogP contribution in [-0.2, 0) is 4.74 Å². The molecular formula is C10H14FN3O. The SMILES string of the molecule is CC1OCCN(c2nccnc2F)C1C. The lowest BCUT2D eigenvalue weighted by Gasteiger charge is -2.38. The first-order valence-corrected chi connectivity index (χ1v) is 5.05. The molecule has 2 unspecified atom stereocenters. The van der Waals surface area contributed by atoms with Crippen molar-refractivity contribution in [1.29, 1.82) is 0 Å². The van der Waals surface area contributed by atoms with Crippen LogP contribution in [0.2, 0.25) is 0 Å². The van der Waals surface area contributed by atoms with Crippen LogP contribution < -0.4 is 4.90 Å². The lowest BCUT2D eigenvalue weighted by molar-refractivity contribution is 0.0278. The van der Waals surface area contributed by atoms with Crippen LogP contribution in [0.5, 0.6) is 0 Å². The number of halogens is 1. The Morgan fingerprint density at radius 3 is 2.87 bits per heavy atom. The molecule has 2 rings (SSSR count). The second kappa shape index (κ2) is 4.10. The lowest BCUT2D eigenvalue weighted by atomic mass is 10.1. The lowest BCUT2D eigenvalue weighted by Crippen LogP contribution is -2.49. The van der Waals surface area contributed by atoms with E-state index >= 15 is 0 Å². The smallest absolute Gasteiger partial charge is 0.255 e. The fourth-order valence-electron chi connectivity index (χ4n) is 1.74. The monoisotopic (exact) mass is 211 g/mol. The zero-order valence-corrected chi connectivity index (χ0v) is 8.85. The van der Waals surface area contributed by atoms with Crippen LogP contribution in [0.4, 0.5) is 10.2 Å². The maximum atomic E-state index is 13.4. The van der Waals surface area contributed by atoms with Crippen molar-refractivity contribution >= 4 is 5.82 Å². The van der Waals surface area contributed by atoms with Gasteiger partial charge in [0.2, 0.25) is 0 Å². The second-order valence-corrected chi connectivity index (χ2v) is 3.68. The number of nitrogens with zero attached hydrogens (tertiary/aromatic N) is 3. The van der Waals surface area contributed by atoms with Gasteiger partial charge in [0.05, 0.1) is 18.8 Å². The molecule has 0 aliphatic carbocycles. The summed E-state index contributed by atoms with van der Waals surface area (Å²) in [6.45, 7) is 5.23. The predicted octanol–water partition coefficient (Wildman–Crippen LogP) is 1.23. The highest BCUT2D eigenvalue weighted by molar-refractivity contribution is 5.38. The molecule has 15 heavy (non-hydrogen) atoms. The molecule has 1 aromatic rings. The molecule has 0 aromatic carbocycles. The highest BCUT2D eigenvalue weighted by atomic mass is 19.1. The van der Waals surface area contributed by atoms with Crippen LogP contribution in [0.15, 0.2) is 12.4 Å². The van der Waals surface area contributed by atoms with Gasteiger partial charge in [-0.05, 0) is 13.8 Å². The number of ether oxygens (including phenoxy) is 1. The van der Waals surface area contributed by atoms with Crippen LogP contribution in [0.3, 0.4) is 0 Å². The number of hydrogen-bond acceptors (Lipinski definition) is 4. The third kappa shape index (κ3) is 1.92. The first kappa shape index (κ1) is 10.3. The molecule has 0 amide bonds. The molecule has 2 atom stereocenters. The number of anilines is 1. The molecule has 0 radical (unpaired) electrons. The topological polar surface area (TPSA) is 38.2 Å². The van der Waals surface area contributed by atoms with Gasteiger partial charge in [-0.25, -0.2) is 9.97 Å². The molecule has 82 valence electrons. The molecule has 5 heteroatoms. The van der Waals surface area contributed by atoms with E-state index in [-0.39, 0.29) is 12.1 Å². The fraction of sp³-hybridized carbons (Fsp3) is 0.600. The van der Waals surface area contributed by atoms with E-state index in [0.29, 0.717) is 19.0 Å². The van der Waals surface area contributed by atoms with E-state index in [1.165, 1.54) is 12.4 Å². The van der Waals surface area contributed by atoms with Crippen LogP contribution >= 0.6 is 0 Å². The van der Waals surface area contributed by atoms with Crippen LogP contribution in [0.25, 0.3) is 0 Å². The summed E-state index contributed by atoms with van der Waals surface area (Å²) in [5, 5.41) is 0.